The average molecular weight is 332 g/mol. The van der Waals surface area contributed by atoms with E-state index >= 15 is 0 Å². The molecule has 0 bridgehead atoms. The molecule has 0 radical (unpaired) electrons. The van der Waals surface area contributed by atoms with Gasteiger partial charge < -0.3 is 9.88 Å². The summed E-state index contributed by atoms with van der Waals surface area (Å²) in [6, 6.07) is 0. The highest BCUT2D eigenvalue weighted by Crippen LogP contribution is 2.30. The lowest BCUT2D eigenvalue weighted by Gasteiger charge is -2.11. The molecule has 0 saturated carbocycles. The third kappa shape index (κ3) is 3.76. The third-order valence-corrected chi connectivity index (χ3v) is 6.37. The molecule has 0 unspecified atom stereocenters. The average Bonchev–Trinajstić information content (AvgIpc) is 2.93. The Labute approximate surface area is 128 Å². The van der Waals surface area contributed by atoms with E-state index in [1.807, 2.05) is 20.9 Å². The van der Waals surface area contributed by atoms with Crippen LogP contribution in [0.4, 0.5) is 0 Å². The molecule has 2 atom stereocenters. The van der Waals surface area contributed by atoms with Crippen LogP contribution in [0.2, 0.25) is 0 Å². The van der Waals surface area contributed by atoms with Gasteiger partial charge in [-0.2, -0.15) is 0 Å². The Kier molecular flexibility index (Phi) is 4.92. The van der Waals surface area contributed by atoms with Crippen molar-refractivity contribution >= 4 is 27.5 Å². The second-order valence-electron chi connectivity index (χ2n) is 5.15. The molecule has 1 aromatic rings. The van der Waals surface area contributed by atoms with Gasteiger partial charge in [0.25, 0.3) is 0 Å². The van der Waals surface area contributed by atoms with Gasteiger partial charge in [-0.3, -0.25) is 4.79 Å². The fourth-order valence-corrected chi connectivity index (χ4v) is 4.90. The number of thioether (sulfide) groups is 1. The number of nitrogens with one attached hydrogen (secondary N) is 1. The number of rotatable bonds is 5. The first kappa shape index (κ1) is 16.3. The van der Waals surface area contributed by atoms with Crippen molar-refractivity contribution in [3.05, 3.63) is 5.82 Å². The van der Waals surface area contributed by atoms with Crippen molar-refractivity contribution in [3.8, 4) is 0 Å². The Balaban J connectivity index is 2.09. The van der Waals surface area contributed by atoms with Gasteiger partial charge in [-0.1, -0.05) is 11.8 Å². The maximum Gasteiger partial charge on any atom is 0.233 e. The first-order valence-electron chi connectivity index (χ1n) is 6.88. The number of hydrogen-bond donors (Lipinski definition) is 1. The van der Waals surface area contributed by atoms with E-state index in [1.54, 1.807) is 4.57 Å². The maximum absolute atomic E-state index is 11.7. The summed E-state index contributed by atoms with van der Waals surface area (Å²) < 4.78 is 24.9. The van der Waals surface area contributed by atoms with Crippen LogP contribution in [0.1, 0.15) is 32.0 Å². The fraction of sp³-hybridized carbons (Fsp3) is 0.750. The molecule has 0 aromatic carbocycles. The van der Waals surface area contributed by atoms with E-state index < -0.39 is 9.84 Å². The third-order valence-electron chi connectivity index (χ3n) is 3.47. The summed E-state index contributed by atoms with van der Waals surface area (Å²) in [7, 11) is -1.13. The molecule has 1 aliphatic heterocycles. The van der Waals surface area contributed by atoms with Gasteiger partial charge in [-0.15, -0.1) is 10.2 Å². The topological polar surface area (TPSA) is 94.0 Å². The van der Waals surface area contributed by atoms with Gasteiger partial charge in [0.1, 0.15) is 5.82 Å². The van der Waals surface area contributed by atoms with Crippen LogP contribution in [0.25, 0.3) is 0 Å². The molecular formula is C12H20N4O3S2. The number of aromatic nitrogens is 3. The van der Waals surface area contributed by atoms with Crippen LogP contribution in [0.5, 0.6) is 0 Å². The van der Waals surface area contributed by atoms with Crippen LogP contribution in [0.15, 0.2) is 5.16 Å². The Hall–Kier alpha value is -1.09. The van der Waals surface area contributed by atoms with Crippen LogP contribution in [0.3, 0.4) is 0 Å². The Morgan fingerprint density at radius 3 is 2.81 bits per heavy atom. The number of nitrogens with zero attached hydrogens (tertiary/aromatic N) is 3. The number of hydrogen-bond acceptors (Lipinski definition) is 6. The first-order valence-corrected chi connectivity index (χ1v) is 9.58. The van der Waals surface area contributed by atoms with Gasteiger partial charge in [0.2, 0.25) is 5.91 Å². The quantitative estimate of drug-likeness (QED) is 0.781. The van der Waals surface area contributed by atoms with Crippen LogP contribution in [0, 0.1) is 0 Å². The monoisotopic (exact) mass is 332 g/mol. The summed E-state index contributed by atoms with van der Waals surface area (Å²) in [6.45, 7) is 4.27. The minimum absolute atomic E-state index is 0.0458. The second-order valence-corrected chi connectivity index (χ2v) is 8.69. The highest BCUT2D eigenvalue weighted by molar-refractivity contribution is 8.00. The summed E-state index contributed by atoms with van der Waals surface area (Å²) in [4.78, 5) is 11.7. The molecule has 2 heterocycles. The summed E-state index contributed by atoms with van der Waals surface area (Å²) in [6.07, 6.45) is 0.588. The van der Waals surface area contributed by atoms with E-state index in [0.717, 1.165) is 0 Å². The van der Waals surface area contributed by atoms with E-state index in [2.05, 4.69) is 15.5 Å². The highest BCUT2D eigenvalue weighted by Gasteiger charge is 2.32. The molecule has 0 aliphatic carbocycles. The van der Waals surface area contributed by atoms with E-state index in [0.29, 0.717) is 23.9 Å². The molecule has 9 heteroatoms. The first-order chi connectivity index (χ1) is 9.84. The summed E-state index contributed by atoms with van der Waals surface area (Å²) in [5.41, 5.74) is 0. The fourth-order valence-electron chi connectivity index (χ4n) is 2.31. The normalized spacial score (nSPS) is 22.1. The van der Waals surface area contributed by atoms with Crippen molar-refractivity contribution in [2.75, 3.05) is 18.1 Å². The summed E-state index contributed by atoms with van der Waals surface area (Å²) >= 11 is 1.33. The highest BCUT2D eigenvalue weighted by atomic mass is 32.2. The van der Waals surface area contributed by atoms with E-state index in [9.17, 15) is 13.2 Å². The maximum atomic E-state index is 11.7. The zero-order valence-corrected chi connectivity index (χ0v) is 14.0. The van der Waals surface area contributed by atoms with Crippen LogP contribution >= 0.6 is 11.8 Å². The van der Waals surface area contributed by atoms with Gasteiger partial charge in [0.05, 0.1) is 16.8 Å². The predicted octanol–water partition coefficient (Wildman–Crippen LogP) is 0.334. The summed E-state index contributed by atoms with van der Waals surface area (Å²) in [5, 5.41) is 11.3. The molecule has 7 nitrogen and oxygen atoms in total. The van der Waals surface area contributed by atoms with E-state index in [-0.39, 0.29) is 28.6 Å². The lowest BCUT2D eigenvalue weighted by molar-refractivity contribution is -0.120. The minimum Gasteiger partial charge on any atom is -0.355 e. The molecule has 1 N–H and O–H groups in total. The van der Waals surface area contributed by atoms with E-state index in [4.69, 9.17) is 0 Å². The van der Waals surface area contributed by atoms with Crippen LogP contribution < -0.4 is 5.32 Å². The van der Waals surface area contributed by atoms with Crippen LogP contribution in [-0.4, -0.2) is 52.4 Å². The summed E-state index contributed by atoms with van der Waals surface area (Å²) in [5.74, 6) is 0.886. The van der Waals surface area contributed by atoms with Crippen molar-refractivity contribution in [2.24, 2.45) is 7.05 Å². The Morgan fingerprint density at radius 2 is 2.24 bits per heavy atom. The molecule has 2 rings (SSSR count). The molecule has 118 valence electrons. The number of amides is 1. The van der Waals surface area contributed by atoms with E-state index in [1.165, 1.54) is 11.8 Å². The molecular weight excluding hydrogens is 312 g/mol. The Bertz CT molecular complexity index is 626. The molecule has 1 aromatic heterocycles. The Morgan fingerprint density at radius 1 is 1.52 bits per heavy atom. The van der Waals surface area contributed by atoms with Crippen molar-refractivity contribution in [1.29, 1.82) is 0 Å². The minimum atomic E-state index is -2.95. The number of sulfone groups is 1. The molecule has 1 fully saturated rings. The molecule has 1 amide bonds. The lowest BCUT2D eigenvalue weighted by Crippen LogP contribution is -2.30. The molecule has 0 spiro atoms. The van der Waals surface area contributed by atoms with Gasteiger partial charge in [-0.05, 0) is 20.3 Å². The standard InChI is InChI=1S/C12H20N4O3S2/c1-4-13-11(17)8(2)20-12-15-14-10(16(12)3)9-5-6-21(18,19)7-9/h8-9H,4-7H2,1-3H3,(H,13,17)/t8-,9+/m0/s1. The van der Waals surface area contributed by atoms with Gasteiger partial charge in [0.15, 0.2) is 15.0 Å². The SMILES string of the molecule is CCNC(=O)[C@H](C)Sc1nnc([C@@H]2CCS(=O)(=O)C2)n1C. The van der Waals surface area contributed by atoms with Crippen molar-refractivity contribution < 1.29 is 13.2 Å². The predicted molar refractivity (Wildman–Crippen MR) is 81.0 cm³/mol. The smallest absolute Gasteiger partial charge is 0.233 e. The van der Waals surface area contributed by atoms with Gasteiger partial charge in [0, 0.05) is 19.5 Å². The lowest BCUT2D eigenvalue weighted by atomic mass is 10.1. The number of carbonyl (C=O) groups is 1. The zero-order chi connectivity index (χ0) is 15.6. The van der Waals surface area contributed by atoms with Gasteiger partial charge in [-0.25, -0.2) is 8.42 Å². The number of carbonyl (C=O) groups excluding carboxylic acids is 1. The van der Waals surface area contributed by atoms with Gasteiger partial charge >= 0.3 is 0 Å². The zero-order valence-electron chi connectivity index (χ0n) is 12.4. The molecule has 1 saturated heterocycles. The molecule has 1 aliphatic rings. The second kappa shape index (κ2) is 6.35. The van der Waals surface area contributed by atoms with Crippen molar-refractivity contribution in [3.63, 3.8) is 0 Å². The van der Waals surface area contributed by atoms with Crippen molar-refractivity contribution in [1.82, 2.24) is 20.1 Å². The largest absolute Gasteiger partial charge is 0.355 e. The van der Waals surface area contributed by atoms with Crippen molar-refractivity contribution in [2.45, 2.75) is 36.6 Å². The molecule has 21 heavy (non-hydrogen) atoms. The van der Waals surface area contributed by atoms with Crippen LogP contribution in [-0.2, 0) is 21.7 Å².